The molecule has 2 aromatic carbocycles. The van der Waals surface area contributed by atoms with Crippen molar-refractivity contribution in [2.45, 2.75) is 19.4 Å². The number of nitro benzene ring substituents is 1. The van der Waals surface area contributed by atoms with E-state index >= 15 is 0 Å². The van der Waals surface area contributed by atoms with E-state index < -0.39 is 17.0 Å². The summed E-state index contributed by atoms with van der Waals surface area (Å²) in [7, 11) is 0. The summed E-state index contributed by atoms with van der Waals surface area (Å²) in [6.07, 6.45) is -0.635. The molecule has 0 aliphatic carbocycles. The maximum atomic E-state index is 12.2. The van der Waals surface area contributed by atoms with Crippen molar-refractivity contribution in [2.24, 2.45) is 0 Å². The predicted molar refractivity (Wildman–Crippen MR) is 96.5 cm³/mol. The smallest absolute Gasteiger partial charge is 0.308 e. The van der Waals surface area contributed by atoms with Gasteiger partial charge in [-0.2, -0.15) is 0 Å². The molecule has 0 saturated carbocycles. The molecule has 0 fully saturated rings. The number of hydrogen-bond donors (Lipinski definition) is 0. The Morgan fingerprint density at radius 1 is 1.30 bits per heavy atom. The molecule has 1 aliphatic rings. The van der Waals surface area contributed by atoms with E-state index in [4.69, 9.17) is 9.47 Å². The Balaban J connectivity index is 1.61. The van der Waals surface area contributed by atoms with Gasteiger partial charge in [-0.1, -0.05) is 24.3 Å². The maximum Gasteiger partial charge on any atom is 0.308 e. The molecule has 1 amide bonds. The van der Waals surface area contributed by atoms with E-state index in [-0.39, 0.29) is 31.2 Å². The van der Waals surface area contributed by atoms with Crippen molar-refractivity contribution >= 4 is 23.3 Å². The quantitative estimate of drug-likeness (QED) is 0.440. The lowest BCUT2D eigenvalue weighted by atomic mass is 10.1. The van der Waals surface area contributed by atoms with Gasteiger partial charge in [-0.25, -0.2) is 0 Å². The van der Waals surface area contributed by atoms with Crippen LogP contribution in [-0.4, -0.2) is 30.0 Å². The number of nitro groups is 1. The zero-order valence-electron chi connectivity index (χ0n) is 14.7. The Bertz CT molecular complexity index is 882. The van der Waals surface area contributed by atoms with Crippen LogP contribution in [0.25, 0.3) is 0 Å². The van der Waals surface area contributed by atoms with Crippen LogP contribution in [-0.2, 0) is 14.3 Å². The molecule has 140 valence electrons. The highest BCUT2D eigenvalue weighted by Crippen LogP contribution is 2.31. The summed E-state index contributed by atoms with van der Waals surface area (Å²) >= 11 is 0. The molecule has 0 aromatic heterocycles. The minimum Gasteiger partial charge on any atom is -0.482 e. The maximum absolute atomic E-state index is 12.2. The van der Waals surface area contributed by atoms with Gasteiger partial charge in [-0.15, -0.1) is 0 Å². The Morgan fingerprint density at radius 3 is 2.85 bits per heavy atom. The average Bonchev–Trinajstić information content (AvgIpc) is 2.67. The zero-order chi connectivity index (χ0) is 19.4. The number of anilines is 1. The second-order valence-electron chi connectivity index (χ2n) is 6.04. The second kappa shape index (κ2) is 7.86. The Labute approximate surface area is 155 Å². The van der Waals surface area contributed by atoms with E-state index in [1.165, 1.54) is 17.0 Å². The molecule has 2 aromatic rings. The fraction of sp³-hybridized carbons (Fsp3) is 0.263. The monoisotopic (exact) mass is 370 g/mol. The Morgan fingerprint density at radius 2 is 2.07 bits per heavy atom. The number of rotatable bonds is 6. The van der Waals surface area contributed by atoms with Gasteiger partial charge in [0.05, 0.1) is 17.0 Å². The first-order valence-corrected chi connectivity index (χ1v) is 8.41. The van der Waals surface area contributed by atoms with E-state index in [1.807, 2.05) is 6.07 Å². The predicted octanol–water partition coefficient (Wildman–Crippen LogP) is 3.01. The molecular weight excluding hydrogens is 352 g/mol. The lowest BCUT2D eigenvalue weighted by Crippen LogP contribution is -2.40. The molecule has 0 saturated heterocycles. The number of carbonyl (C=O) groups is 2. The van der Waals surface area contributed by atoms with Crippen molar-refractivity contribution in [3.05, 3.63) is 64.2 Å². The highest BCUT2D eigenvalue weighted by atomic mass is 16.6. The van der Waals surface area contributed by atoms with Gasteiger partial charge in [0.15, 0.2) is 6.61 Å². The van der Waals surface area contributed by atoms with Crippen molar-refractivity contribution in [1.29, 1.82) is 0 Å². The molecule has 1 aliphatic heterocycles. The number of ether oxygens (including phenoxy) is 2. The molecule has 3 rings (SSSR count). The first-order chi connectivity index (χ1) is 13.0. The van der Waals surface area contributed by atoms with Crippen LogP contribution in [0.1, 0.15) is 25.0 Å². The normalized spacial score (nSPS) is 14.1. The van der Waals surface area contributed by atoms with Crippen molar-refractivity contribution in [2.75, 3.05) is 18.1 Å². The van der Waals surface area contributed by atoms with Crippen LogP contribution in [0.3, 0.4) is 0 Å². The van der Waals surface area contributed by atoms with Gasteiger partial charge < -0.3 is 14.4 Å². The molecule has 0 radical (unpaired) electrons. The van der Waals surface area contributed by atoms with Gasteiger partial charge in [0.25, 0.3) is 11.6 Å². The zero-order valence-corrected chi connectivity index (χ0v) is 14.7. The van der Waals surface area contributed by atoms with Crippen molar-refractivity contribution < 1.29 is 24.0 Å². The van der Waals surface area contributed by atoms with Crippen LogP contribution < -0.4 is 9.64 Å². The van der Waals surface area contributed by atoms with Gasteiger partial charge in [0.2, 0.25) is 0 Å². The molecule has 8 nitrogen and oxygen atoms in total. The summed E-state index contributed by atoms with van der Waals surface area (Å²) in [5, 5.41) is 10.9. The first kappa shape index (κ1) is 18.4. The van der Waals surface area contributed by atoms with Gasteiger partial charge in [-0.05, 0) is 24.6 Å². The number of benzene rings is 2. The van der Waals surface area contributed by atoms with Gasteiger partial charge in [0.1, 0.15) is 11.9 Å². The molecule has 0 unspecified atom stereocenters. The molecule has 27 heavy (non-hydrogen) atoms. The summed E-state index contributed by atoms with van der Waals surface area (Å²) < 4.78 is 10.7. The minimum absolute atomic E-state index is 0.000654. The van der Waals surface area contributed by atoms with Gasteiger partial charge in [0, 0.05) is 18.7 Å². The fourth-order valence-electron chi connectivity index (χ4n) is 2.82. The molecular formula is C19H18N2O6. The van der Waals surface area contributed by atoms with Crippen LogP contribution in [0, 0.1) is 10.1 Å². The molecule has 1 atom stereocenters. The second-order valence-corrected chi connectivity index (χ2v) is 6.04. The van der Waals surface area contributed by atoms with E-state index in [0.717, 1.165) is 0 Å². The lowest BCUT2D eigenvalue weighted by molar-refractivity contribution is -0.385. The van der Waals surface area contributed by atoms with Crippen LogP contribution >= 0.6 is 0 Å². The number of esters is 1. The van der Waals surface area contributed by atoms with E-state index in [9.17, 15) is 19.7 Å². The average molecular weight is 370 g/mol. The summed E-state index contributed by atoms with van der Waals surface area (Å²) in [6.45, 7) is 1.74. The molecule has 0 N–H and O–H groups in total. The summed E-state index contributed by atoms with van der Waals surface area (Å²) in [4.78, 5) is 36.1. The minimum atomic E-state index is -0.634. The van der Waals surface area contributed by atoms with Gasteiger partial charge in [-0.3, -0.25) is 19.7 Å². The third-order valence-corrected chi connectivity index (χ3v) is 4.21. The molecule has 0 spiro atoms. The Kier molecular flexibility index (Phi) is 5.35. The number of fused-ring (bicyclic) bond motifs is 1. The fourth-order valence-corrected chi connectivity index (χ4v) is 2.82. The number of nitrogens with zero attached hydrogens (tertiary/aromatic N) is 2. The topological polar surface area (TPSA) is 99.0 Å². The number of para-hydroxylation sites is 2. The van der Waals surface area contributed by atoms with Crippen LogP contribution in [0.15, 0.2) is 48.5 Å². The largest absolute Gasteiger partial charge is 0.482 e. The SMILES string of the molecule is C[C@H](OC(=O)CCN1C(=O)COc2ccccc21)c1cccc([N+](=O)[O-])c1. The van der Waals surface area contributed by atoms with E-state index in [2.05, 4.69) is 0 Å². The number of non-ortho nitro benzene ring substituents is 1. The third-order valence-electron chi connectivity index (χ3n) is 4.21. The highest BCUT2D eigenvalue weighted by Gasteiger charge is 2.26. The highest BCUT2D eigenvalue weighted by molar-refractivity contribution is 5.98. The number of hydrogen-bond acceptors (Lipinski definition) is 6. The lowest BCUT2D eigenvalue weighted by Gasteiger charge is -2.29. The number of amides is 1. The van der Waals surface area contributed by atoms with Crippen LogP contribution in [0.2, 0.25) is 0 Å². The van der Waals surface area contributed by atoms with Crippen molar-refractivity contribution in [3.63, 3.8) is 0 Å². The van der Waals surface area contributed by atoms with Gasteiger partial charge >= 0.3 is 5.97 Å². The molecule has 1 heterocycles. The van der Waals surface area contributed by atoms with Crippen LogP contribution in [0.5, 0.6) is 5.75 Å². The Hall–Kier alpha value is -3.42. The standard InChI is InChI=1S/C19H18N2O6/c1-13(14-5-4-6-15(11-14)21(24)25)27-19(23)9-10-20-16-7-2-3-8-17(16)26-12-18(20)22/h2-8,11,13H,9-10,12H2,1H3/t13-/m0/s1. The van der Waals surface area contributed by atoms with E-state index in [0.29, 0.717) is 17.0 Å². The van der Waals surface area contributed by atoms with Crippen LogP contribution in [0.4, 0.5) is 11.4 Å². The number of carbonyl (C=O) groups excluding carboxylic acids is 2. The first-order valence-electron chi connectivity index (χ1n) is 8.41. The molecule has 0 bridgehead atoms. The van der Waals surface area contributed by atoms with Crippen molar-refractivity contribution in [1.82, 2.24) is 0 Å². The third kappa shape index (κ3) is 4.22. The van der Waals surface area contributed by atoms with Crippen molar-refractivity contribution in [3.8, 4) is 5.75 Å². The summed E-state index contributed by atoms with van der Waals surface area (Å²) in [6, 6.07) is 13.1. The van der Waals surface area contributed by atoms with E-state index in [1.54, 1.807) is 37.3 Å². The summed E-state index contributed by atoms with van der Waals surface area (Å²) in [5.74, 6) is -0.130. The molecule has 8 heteroatoms. The summed E-state index contributed by atoms with van der Waals surface area (Å²) in [5.41, 5.74) is 1.09.